The number of hydrogen-bond acceptors (Lipinski definition) is 5. The fourth-order valence-corrected chi connectivity index (χ4v) is 1.82. The van der Waals surface area contributed by atoms with Crippen molar-refractivity contribution in [3.05, 3.63) is 21.3 Å². The molecule has 0 heterocycles. The number of carbonyl (C=O) groups excluding carboxylic acids is 1. The van der Waals surface area contributed by atoms with Gasteiger partial charge in [-0.15, -0.1) is 0 Å². The van der Waals surface area contributed by atoms with Gasteiger partial charge >= 0.3 is 5.97 Å². The first-order valence-electron chi connectivity index (χ1n) is 4.27. The van der Waals surface area contributed by atoms with E-state index in [0.717, 1.165) is 0 Å². The molecule has 0 unspecified atom stereocenters. The second-order valence-electron chi connectivity index (χ2n) is 2.85. The standard InChI is InChI=1S/C10H9IN2O3/c1-15-9(14)5-16-10-7(11)2-6(4-12)3-8(10)13/h2-3H,5,13H2,1H3. The lowest BCUT2D eigenvalue weighted by Crippen LogP contribution is -2.14. The summed E-state index contributed by atoms with van der Waals surface area (Å²) in [6.07, 6.45) is 0. The van der Waals surface area contributed by atoms with Gasteiger partial charge in [-0.2, -0.15) is 5.26 Å². The van der Waals surface area contributed by atoms with Crippen LogP contribution in [0.1, 0.15) is 5.56 Å². The lowest BCUT2D eigenvalue weighted by molar-refractivity contribution is -0.142. The molecule has 0 fully saturated rings. The minimum atomic E-state index is -0.487. The Morgan fingerprint density at radius 3 is 2.81 bits per heavy atom. The third kappa shape index (κ3) is 3.00. The number of benzene rings is 1. The van der Waals surface area contributed by atoms with Crippen molar-refractivity contribution in [3.63, 3.8) is 0 Å². The van der Waals surface area contributed by atoms with Crippen LogP contribution in [0.25, 0.3) is 0 Å². The van der Waals surface area contributed by atoms with E-state index in [2.05, 4.69) is 4.74 Å². The summed E-state index contributed by atoms with van der Waals surface area (Å²) in [5.74, 6) is -0.0930. The number of halogens is 1. The van der Waals surface area contributed by atoms with Gasteiger partial charge < -0.3 is 15.2 Å². The first-order chi connectivity index (χ1) is 7.58. The number of esters is 1. The Hall–Kier alpha value is -1.49. The molecular formula is C10H9IN2O3. The summed E-state index contributed by atoms with van der Waals surface area (Å²) in [5, 5.41) is 8.71. The number of ether oxygens (including phenoxy) is 2. The third-order valence-electron chi connectivity index (χ3n) is 1.76. The fourth-order valence-electron chi connectivity index (χ4n) is 1.02. The van der Waals surface area contributed by atoms with Crippen LogP contribution >= 0.6 is 22.6 Å². The van der Waals surface area contributed by atoms with Crippen LogP contribution < -0.4 is 10.5 Å². The number of hydrogen-bond donors (Lipinski definition) is 1. The Morgan fingerprint density at radius 2 is 2.31 bits per heavy atom. The van der Waals surface area contributed by atoms with Crippen LogP contribution in [0.3, 0.4) is 0 Å². The normalized spacial score (nSPS) is 9.31. The average Bonchev–Trinajstić information content (AvgIpc) is 2.27. The van der Waals surface area contributed by atoms with Crippen molar-refractivity contribution < 1.29 is 14.3 Å². The topological polar surface area (TPSA) is 85.3 Å². The van der Waals surface area contributed by atoms with E-state index < -0.39 is 5.97 Å². The van der Waals surface area contributed by atoms with Crippen LogP contribution in [0.2, 0.25) is 0 Å². The first kappa shape index (κ1) is 12.6. The van der Waals surface area contributed by atoms with E-state index in [1.165, 1.54) is 13.2 Å². The van der Waals surface area contributed by atoms with E-state index in [-0.39, 0.29) is 6.61 Å². The highest BCUT2D eigenvalue weighted by Gasteiger charge is 2.10. The molecule has 0 aromatic heterocycles. The first-order valence-corrected chi connectivity index (χ1v) is 5.35. The maximum Gasteiger partial charge on any atom is 0.343 e. The van der Waals surface area contributed by atoms with Gasteiger partial charge in [-0.1, -0.05) is 0 Å². The second kappa shape index (κ2) is 5.55. The predicted octanol–water partition coefficient (Wildman–Crippen LogP) is 1.30. The number of anilines is 1. The molecule has 0 bridgehead atoms. The predicted molar refractivity (Wildman–Crippen MR) is 65.8 cm³/mol. The zero-order valence-electron chi connectivity index (χ0n) is 8.49. The summed E-state index contributed by atoms with van der Waals surface area (Å²) in [6.45, 7) is -0.206. The SMILES string of the molecule is COC(=O)COc1c(N)cc(C#N)cc1I. The molecule has 0 saturated heterocycles. The van der Waals surface area contributed by atoms with E-state index in [1.807, 2.05) is 28.7 Å². The van der Waals surface area contributed by atoms with Gasteiger partial charge in [0.2, 0.25) is 0 Å². The van der Waals surface area contributed by atoms with Crippen LogP contribution in [0, 0.1) is 14.9 Å². The molecule has 1 aromatic carbocycles. The van der Waals surface area contributed by atoms with Gasteiger partial charge in [-0.3, -0.25) is 0 Å². The van der Waals surface area contributed by atoms with Crippen molar-refractivity contribution in [2.24, 2.45) is 0 Å². The monoisotopic (exact) mass is 332 g/mol. The maximum absolute atomic E-state index is 10.9. The van der Waals surface area contributed by atoms with Crippen LogP contribution in [-0.4, -0.2) is 19.7 Å². The molecule has 0 atom stereocenters. The summed E-state index contributed by atoms with van der Waals surface area (Å²) in [5.41, 5.74) is 6.47. The summed E-state index contributed by atoms with van der Waals surface area (Å²) >= 11 is 1.99. The molecule has 1 rings (SSSR count). The molecular weight excluding hydrogens is 323 g/mol. The molecule has 0 radical (unpaired) electrons. The van der Waals surface area contributed by atoms with Crippen molar-refractivity contribution in [2.75, 3.05) is 19.5 Å². The highest BCUT2D eigenvalue weighted by Crippen LogP contribution is 2.29. The average molecular weight is 332 g/mol. The van der Waals surface area contributed by atoms with Gasteiger partial charge in [0.1, 0.15) is 0 Å². The van der Waals surface area contributed by atoms with Crippen molar-refractivity contribution in [3.8, 4) is 11.8 Å². The quantitative estimate of drug-likeness (QED) is 0.512. The van der Waals surface area contributed by atoms with E-state index in [4.69, 9.17) is 15.7 Å². The van der Waals surface area contributed by atoms with Crippen LogP contribution in [0.15, 0.2) is 12.1 Å². The number of nitriles is 1. The summed E-state index contributed by atoms with van der Waals surface area (Å²) in [7, 11) is 1.28. The molecule has 84 valence electrons. The van der Waals surface area contributed by atoms with Gasteiger partial charge in [-0.05, 0) is 34.7 Å². The van der Waals surface area contributed by atoms with E-state index in [0.29, 0.717) is 20.6 Å². The molecule has 1 aromatic rings. The number of nitrogen functional groups attached to an aromatic ring is 1. The summed E-state index contributed by atoms with van der Waals surface area (Å²) in [6, 6.07) is 5.10. The number of carbonyl (C=O) groups is 1. The number of methoxy groups -OCH3 is 1. The Balaban J connectivity index is 2.89. The molecule has 0 aliphatic rings. The molecule has 0 aliphatic carbocycles. The van der Waals surface area contributed by atoms with Crippen LogP contribution in [0.4, 0.5) is 5.69 Å². The zero-order valence-corrected chi connectivity index (χ0v) is 10.6. The number of rotatable bonds is 3. The van der Waals surface area contributed by atoms with E-state index in [9.17, 15) is 4.79 Å². The Labute approximate surface area is 106 Å². The van der Waals surface area contributed by atoms with Crippen molar-refractivity contribution in [1.82, 2.24) is 0 Å². The molecule has 2 N–H and O–H groups in total. The largest absolute Gasteiger partial charge is 0.479 e. The number of nitrogens with two attached hydrogens (primary N) is 1. The zero-order chi connectivity index (χ0) is 12.1. The van der Waals surface area contributed by atoms with Gasteiger partial charge in [0.15, 0.2) is 12.4 Å². The Kier molecular flexibility index (Phi) is 4.37. The summed E-state index contributed by atoms with van der Waals surface area (Å²) in [4.78, 5) is 10.9. The molecule has 0 aliphatic heterocycles. The van der Waals surface area contributed by atoms with E-state index >= 15 is 0 Å². The number of nitrogens with zero attached hydrogens (tertiary/aromatic N) is 1. The lowest BCUT2D eigenvalue weighted by atomic mass is 10.2. The van der Waals surface area contributed by atoms with Crippen LogP contribution in [0.5, 0.6) is 5.75 Å². The van der Waals surface area contributed by atoms with Crippen molar-refractivity contribution in [2.45, 2.75) is 0 Å². The van der Waals surface area contributed by atoms with Gasteiger partial charge in [0.05, 0.1) is 28.0 Å². The molecule has 5 nitrogen and oxygen atoms in total. The Bertz CT molecular complexity index is 431. The van der Waals surface area contributed by atoms with Gasteiger partial charge in [0.25, 0.3) is 0 Å². The highest BCUT2D eigenvalue weighted by atomic mass is 127. The molecule has 0 spiro atoms. The molecule has 0 amide bonds. The van der Waals surface area contributed by atoms with Crippen LogP contribution in [-0.2, 0) is 9.53 Å². The van der Waals surface area contributed by atoms with Gasteiger partial charge in [0, 0.05) is 0 Å². The lowest BCUT2D eigenvalue weighted by Gasteiger charge is -2.10. The second-order valence-corrected chi connectivity index (χ2v) is 4.02. The van der Waals surface area contributed by atoms with Crippen molar-refractivity contribution >= 4 is 34.2 Å². The summed E-state index contributed by atoms with van der Waals surface area (Å²) < 4.78 is 10.3. The smallest absolute Gasteiger partial charge is 0.343 e. The van der Waals surface area contributed by atoms with E-state index in [1.54, 1.807) is 6.07 Å². The minimum absolute atomic E-state index is 0.206. The minimum Gasteiger partial charge on any atom is -0.479 e. The third-order valence-corrected chi connectivity index (χ3v) is 2.56. The molecule has 16 heavy (non-hydrogen) atoms. The molecule has 6 heteroatoms. The van der Waals surface area contributed by atoms with Gasteiger partial charge in [-0.25, -0.2) is 4.79 Å². The molecule has 0 saturated carbocycles. The van der Waals surface area contributed by atoms with Crippen molar-refractivity contribution in [1.29, 1.82) is 5.26 Å². The highest BCUT2D eigenvalue weighted by molar-refractivity contribution is 14.1. The maximum atomic E-state index is 10.9. The fraction of sp³-hybridized carbons (Fsp3) is 0.200. The Morgan fingerprint density at radius 1 is 1.62 bits per heavy atom.